The van der Waals surface area contributed by atoms with Crippen LogP contribution in [0.15, 0.2) is 42.7 Å². The molecule has 0 saturated heterocycles. The van der Waals surface area contributed by atoms with Gasteiger partial charge in [-0.05, 0) is 24.3 Å². The number of alkyl halides is 6. The van der Waals surface area contributed by atoms with Gasteiger partial charge in [-0.2, -0.15) is 26.3 Å². The van der Waals surface area contributed by atoms with Gasteiger partial charge in [-0.15, -0.1) is 0 Å². The number of aromatic nitrogens is 2. The summed E-state index contributed by atoms with van der Waals surface area (Å²) in [5.74, 6) is -0.907. The van der Waals surface area contributed by atoms with E-state index in [1.165, 1.54) is 6.07 Å². The molecular formula is C15H10F6N2O. The molecule has 9 heteroatoms. The molecular weight excluding hydrogens is 338 g/mol. The third-order valence-electron chi connectivity index (χ3n) is 2.96. The normalized spacial score (nSPS) is 12.8. The summed E-state index contributed by atoms with van der Waals surface area (Å²) >= 11 is 0. The number of allylic oxidation sites excluding steroid dienone is 1. The van der Waals surface area contributed by atoms with Crippen molar-refractivity contribution in [3.8, 4) is 0 Å². The van der Waals surface area contributed by atoms with Crippen LogP contribution in [0.2, 0.25) is 0 Å². The molecule has 0 unspecified atom stereocenters. The highest BCUT2D eigenvalue weighted by atomic mass is 19.4. The fraction of sp³-hybridized carbons (Fsp3) is 0.200. The van der Waals surface area contributed by atoms with Gasteiger partial charge >= 0.3 is 12.4 Å². The number of hydrogen-bond acceptors (Lipinski definition) is 2. The molecule has 2 aromatic rings. The number of ketones is 1. The zero-order valence-corrected chi connectivity index (χ0v) is 11.9. The molecule has 0 bridgehead atoms. The molecule has 0 aliphatic carbocycles. The van der Waals surface area contributed by atoms with Crippen molar-refractivity contribution >= 4 is 11.9 Å². The molecule has 0 fully saturated rings. The van der Waals surface area contributed by atoms with Crippen molar-refractivity contribution in [2.24, 2.45) is 0 Å². The van der Waals surface area contributed by atoms with Gasteiger partial charge in [0.05, 0.1) is 5.56 Å². The van der Waals surface area contributed by atoms with Crippen LogP contribution in [-0.4, -0.2) is 21.5 Å². The van der Waals surface area contributed by atoms with E-state index in [4.69, 9.17) is 0 Å². The highest BCUT2D eigenvalue weighted by Crippen LogP contribution is 2.29. The maximum Gasteiger partial charge on any atom is 0.416 e. The molecule has 2 rings (SSSR count). The van der Waals surface area contributed by atoms with E-state index in [2.05, 4.69) is 4.98 Å². The van der Waals surface area contributed by atoms with E-state index >= 15 is 0 Å². The number of benzene rings is 1. The predicted molar refractivity (Wildman–Crippen MR) is 73.1 cm³/mol. The maximum atomic E-state index is 12.6. The first-order valence-electron chi connectivity index (χ1n) is 6.54. The lowest BCUT2D eigenvalue weighted by Crippen LogP contribution is -2.18. The molecule has 0 spiro atoms. The minimum absolute atomic E-state index is 0.132. The lowest BCUT2D eigenvalue weighted by Gasteiger charge is -2.08. The van der Waals surface area contributed by atoms with Gasteiger partial charge in [0, 0.05) is 18.0 Å². The first-order valence-corrected chi connectivity index (χ1v) is 6.54. The Bertz CT molecular complexity index is 758. The van der Waals surface area contributed by atoms with Crippen LogP contribution in [0.3, 0.4) is 0 Å². The van der Waals surface area contributed by atoms with Gasteiger partial charge in [0.1, 0.15) is 12.4 Å². The monoisotopic (exact) mass is 348 g/mol. The topological polar surface area (TPSA) is 34.9 Å². The molecule has 3 nitrogen and oxygen atoms in total. The van der Waals surface area contributed by atoms with Gasteiger partial charge in [0.2, 0.25) is 0 Å². The molecule has 0 amide bonds. The third-order valence-corrected chi connectivity index (χ3v) is 2.96. The Morgan fingerprint density at radius 3 is 2.50 bits per heavy atom. The number of carbonyl (C=O) groups is 1. The molecule has 128 valence electrons. The zero-order valence-electron chi connectivity index (χ0n) is 11.9. The van der Waals surface area contributed by atoms with Crippen LogP contribution in [-0.2, 0) is 12.7 Å². The first kappa shape index (κ1) is 17.8. The number of nitrogens with zero attached hydrogens (tertiary/aromatic N) is 2. The van der Waals surface area contributed by atoms with E-state index < -0.39 is 30.2 Å². The minimum atomic E-state index is -4.59. The smallest absolute Gasteiger partial charge is 0.322 e. The van der Waals surface area contributed by atoms with Crippen LogP contribution in [0.25, 0.3) is 6.08 Å². The van der Waals surface area contributed by atoms with Crippen LogP contribution in [0.5, 0.6) is 0 Å². The average Bonchev–Trinajstić information content (AvgIpc) is 2.89. The van der Waals surface area contributed by atoms with Crippen molar-refractivity contribution in [3.05, 3.63) is 59.7 Å². The second-order valence-corrected chi connectivity index (χ2v) is 4.80. The molecule has 1 aromatic carbocycles. The van der Waals surface area contributed by atoms with Gasteiger partial charge < -0.3 is 4.57 Å². The number of carbonyl (C=O) groups excluding carboxylic acids is 1. The molecule has 0 aliphatic heterocycles. The van der Waals surface area contributed by atoms with Crippen LogP contribution in [0.4, 0.5) is 26.3 Å². The first-order chi connectivity index (χ1) is 11.1. The van der Waals surface area contributed by atoms with E-state index in [0.717, 1.165) is 41.2 Å². The van der Waals surface area contributed by atoms with E-state index in [0.29, 0.717) is 6.07 Å². The summed E-state index contributed by atoms with van der Waals surface area (Å²) in [6.07, 6.45) is -4.95. The highest BCUT2D eigenvalue weighted by molar-refractivity contribution is 6.06. The third kappa shape index (κ3) is 4.71. The Morgan fingerprint density at radius 1 is 1.17 bits per heavy atom. The second kappa shape index (κ2) is 6.50. The summed E-state index contributed by atoms with van der Waals surface area (Å²) in [5, 5.41) is 0. The van der Waals surface area contributed by atoms with Gasteiger partial charge in [-0.1, -0.05) is 12.1 Å². The van der Waals surface area contributed by atoms with Crippen molar-refractivity contribution in [1.29, 1.82) is 0 Å². The number of imidazole rings is 1. The van der Waals surface area contributed by atoms with E-state index in [1.807, 2.05) is 0 Å². The van der Waals surface area contributed by atoms with Crippen molar-refractivity contribution in [2.75, 3.05) is 0 Å². The van der Waals surface area contributed by atoms with Gasteiger partial charge in [0.15, 0.2) is 5.78 Å². The van der Waals surface area contributed by atoms with Gasteiger partial charge in [-0.3, -0.25) is 4.79 Å². The summed E-state index contributed by atoms with van der Waals surface area (Å²) in [6, 6.07) is 3.75. The summed E-state index contributed by atoms with van der Waals surface area (Å²) in [6.45, 7) is -1.29. The van der Waals surface area contributed by atoms with E-state index in [-0.39, 0.29) is 11.4 Å². The van der Waals surface area contributed by atoms with Crippen molar-refractivity contribution < 1.29 is 31.1 Å². The van der Waals surface area contributed by atoms with Crippen molar-refractivity contribution in [3.63, 3.8) is 0 Å². The van der Waals surface area contributed by atoms with Crippen LogP contribution < -0.4 is 0 Å². The molecule has 0 radical (unpaired) electrons. The standard InChI is InChI=1S/C15H10F6N2O/c16-14(17,18)9-23-7-6-22-13(23)5-4-12(24)10-2-1-3-11(8-10)15(19,20)21/h1-8H,9H2/b5-4-. The summed E-state index contributed by atoms with van der Waals surface area (Å²) in [7, 11) is 0. The van der Waals surface area contributed by atoms with E-state index in [1.54, 1.807) is 0 Å². The summed E-state index contributed by atoms with van der Waals surface area (Å²) < 4.78 is 75.7. The quantitative estimate of drug-likeness (QED) is 0.467. The fourth-order valence-corrected chi connectivity index (χ4v) is 1.90. The average molecular weight is 348 g/mol. The molecule has 0 atom stereocenters. The Morgan fingerprint density at radius 2 is 1.88 bits per heavy atom. The van der Waals surface area contributed by atoms with Crippen LogP contribution >= 0.6 is 0 Å². The van der Waals surface area contributed by atoms with Gasteiger partial charge in [-0.25, -0.2) is 4.98 Å². The molecule has 1 heterocycles. The van der Waals surface area contributed by atoms with Gasteiger partial charge in [0.25, 0.3) is 0 Å². The zero-order chi connectivity index (χ0) is 18.0. The largest absolute Gasteiger partial charge is 0.416 e. The summed E-state index contributed by atoms with van der Waals surface area (Å²) in [4.78, 5) is 15.6. The Hall–Kier alpha value is -2.58. The number of halogens is 6. The molecule has 0 N–H and O–H groups in total. The number of hydrogen-bond donors (Lipinski definition) is 0. The van der Waals surface area contributed by atoms with Crippen molar-refractivity contribution in [2.45, 2.75) is 18.9 Å². The lowest BCUT2D eigenvalue weighted by atomic mass is 10.1. The molecule has 0 saturated carbocycles. The Labute approximate surface area is 132 Å². The fourth-order valence-electron chi connectivity index (χ4n) is 1.90. The molecule has 24 heavy (non-hydrogen) atoms. The van der Waals surface area contributed by atoms with Crippen LogP contribution in [0.1, 0.15) is 21.7 Å². The number of rotatable bonds is 4. The maximum absolute atomic E-state index is 12.6. The summed E-state index contributed by atoms with van der Waals surface area (Å²) in [5.41, 5.74) is -1.21. The lowest BCUT2D eigenvalue weighted by molar-refractivity contribution is -0.140. The molecule has 1 aromatic heterocycles. The Kier molecular flexibility index (Phi) is 4.81. The SMILES string of the molecule is O=C(/C=C\c1nccn1CC(F)(F)F)c1cccc(C(F)(F)F)c1. The van der Waals surface area contributed by atoms with E-state index in [9.17, 15) is 31.1 Å². The van der Waals surface area contributed by atoms with Crippen LogP contribution in [0, 0.1) is 0 Å². The predicted octanol–water partition coefficient (Wildman–Crippen LogP) is 4.36. The highest BCUT2D eigenvalue weighted by Gasteiger charge is 2.31. The Balaban J connectivity index is 2.19. The molecule has 0 aliphatic rings. The second-order valence-electron chi connectivity index (χ2n) is 4.80. The minimum Gasteiger partial charge on any atom is -0.322 e. The van der Waals surface area contributed by atoms with Crippen molar-refractivity contribution in [1.82, 2.24) is 9.55 Å².